The van der Waals surface area contributed by atoms with Crippen molar-refractivity contribution in [3.05, 3.63) is 46.7 Å². The van der Waals surface area contributed by atoms with E-state index in [9.17, 15) is 4.79 Å². The van der Waals surface area contributed by atoms with Crippen LogP contribution in [0.3, 0.4) is 0 Å². The van der Waals surface area contributed by atoms with Crippen LogP contribution in [0.1, 0.15) is 10.9 Å². The summed E-state index contributed by atoms with van der Waals surface area (Å²) in [7, 11) is 1.64. The van der Waals surface area contributed by atoms with Crippen molar-refractivity contribution in [1.82, 2.24) is 14.7 Å². The van der Waals surface area contributed by atoms with Gasteiger partial charge < -0.3 is 9.64 Å². The summed E-state index contributed by atoms with van der Waals surface area (Å²) in [5, 5.41) is 4.15. The van der Waals surface area contributed by atoms with Crippen LogP contribution in [-0.4, -0.2) is 40.0 Å². The van der Waals surface area contributed by atoms with Crippen molar-refractivity contribution in [2.24, 2.45) is 0 Å². The van der Waals surface area contributed by atoms with E-state index < -0.39 is 0 Å². The van der Waals surface area contributed by atoms with Gasteiger partial charge in [0, 0.05) is 24.7 Å². The molecule has 22 heavy (non-hydrogen) atoms. The van der Waals surface area contributed by atoms with Crippen LogP contribution in [0.25, 0.3) is 0 Å². The molecule has 0 N–H and O–H groups in total. The van der Waals surface area contributed by atoms with E-state index in [1.807, 2.05) is 29.2 Å². The van der Waals surface area contributed by atoms with Crippen LogP contribution in [0.5, 0.6) is 5.75 Å². The lowest BCUT2D eigenvalue weighted by molar-refractivity contribution is -0.132. The summed E-state index contributed by atoms with van der Waals surface area (Å²) in [6, 6.07) is 7.79. The molecule has 1 fully saturated rings. The second-order valence-corrected chi connectivity index (χ2v) is 6.95. The van der Waals surface area contributed by atoms with Crippen LogP contribution >= 0.6 is 27.7 Å². The normalized spacial score (nSPS) is 17.7. The van der Waals surface area contributed by atoms with E-state index >= 15 is 0 Å². The first-order valence-electron chi connectivity index (χ1n) is 6.91. The standard InChI is InChI=1S/C15H16BrN3O2S/c1-21-13-4-3-11(9-12(13)16)15-19(7-8-22-15)14(20)10-18-6-2-5-17-18/h2-6,9,15H,7-8,10H2,1H3. The number of aromatic nitrogens is 2. The van der Waals surface area contributed by atoms with Crippen molar-refractivity contribution in [2.45, 2.75) is 11.9 Å². The van der Waals surface area contributed by atoms with Gasteiger partial charge in [0.05, 0.1) is 11.6 Å². The van der Waals surface area contributed by atoms with E-state index in [1.165, 1.54) is 0 Å². The van der Waals surface area contributed by atoms with Gasteiger partial charge in [-0.15, -0.1) is 11.8 Å². The SMILES string of the molecule is COc1ccc(C2SCCN2C(=O)Cn2cccn2)cc1Br. The van der Waals surface area contributed by atoms with Gasteiger partial charge in [0.2, 0.25) is 5.91 Å². The number of benzene rings is 1. The third-order valence-corrected chi connectivity index (χ3v) is 5.41. The van der Waals surface area contributed by atoms with Crippen molar-refractivity contribution >= 4 is 33.6 Å². The quantitative estimate of drug-likeness (QED) is 0.816. The van der Waals surface area contributed by atoms with Gasteiger partial charge in [0.25, 0.3) is 0 Å². The molecule has 0 saturated carbocycles. The first kappa shape index (κ1) is 15.4. The zero-order chi connectivity index (χ0) is 15.5. The third kappa shape index (κ3) is 3.15. The summed E-state index contributed by atoms with van der Waals surface area (Å²) in [4.78, 5) is 14.4. The van der Waals surface area contributed by atoms with E-state index in [1.54, 1.807) is 35.9 Å². The predicted octanol–water partition coefficient (Wildman–Crippen LogP) is 2.93. The van der Waals surface area contributed by atoms with Crippen LogP contribution in [0, 0.1) is 0 Å². The van der Waals surface area contributed by atoms with Gasteiger partial charge in [-0.3, -0.25) is 9.48 Å². The predicted molar refractivity (Wildman–Crippen MR) is 89.8 cm³/mol. The number of methoxy groups -OCH3 is 1. The summed E-state index contributed by atoms with van der Waals surface area (Å²) in [6.45, 7) is 1.04. The molecule has 1 aliphatic heterocycles. The molecule has 0 bridgehead atoms. The number of hydrogen-bond donors (Lipinski definition) is 0. The van der Waals surface area contributed by atoms with Crippen molar-refractivity contribution in [2.75, 3.05) is 19.4 Å². The molecule has 1 aromatic carbocycles. The van der Waals surface area contributed by atoms with Gasteiger partial charge in [-0.05, 0) is 39.7 Å². The number of nitrogens with zero attached hydrogens (tertiary/aromatic N) is 3. The number of thioether (sulfide) groups is 1. The lowest BCUT2D eigenvalue weighted by Crippen LogP contribution is -2.33. The second kappa shape index (κ2) is 6.75. The first-order valence-corrected chi connectivity index (χ1v) is 8.75. The van der Waals surface area contributed by atoms with E-state index in [0.29, 0.717) is 0 Å². The van der Waals surface area contributed by atoms with Crippen LogP contribution in [0.2, 0.25) is 0 Å². The molecule has 1 unspecified atom stereocenters. The molecule has 0 radical (unpaired) electrons. The number of carbonyl (C=O) groups excluding carboxylic acids is 1. The van der Waals surface area contributed by atoms with Crippen LogP contribution in [0.15, 0.2) is 41.1 Å². The van der Waals surface area contributed by atoms with Gasteiger partial charge in [-0.1, -0.05) is 6.07 Å². The smallest absolute Gasteiger partial charge is 0.245 e. The highest BCUT2D eigenvalue weighted by Crippen LogP contribution is 2.40. The Morgan fingerprint density at radius 1 is 1.55 bits per heavy atom. The summed E-state index contributed by atoms with van der Waals surface area (Å²) in [5.41, 5.74) is 1.10. The molecule has 1 aliphatic rings. The van der Waals surface area contributed by atoms with Crippen molar-refractivity contribution in [3.63, 3.8) is 0 Å². The molecule has 1 saturated heterocycles. The molecule has 7 heteroatoms. The number of amides is 1. The highest BCUT2D eigenvalue weighted by molar-refractivity contribution is 9.10. The molecule has 2 aromatic rings. The second-order valence-electron chi connectivity index (χ2n) is 4.91. The maximum atomic E-state index is 12.5. The topological polar surface area (TPSA) is 47.4 Å². The average molecular weight is 382 g/mol. The number of ether oxygens (including phenoxy) is 1. The van der Waals surface area contributed by atoms with Gasteiger partial charge in [0.1, 0.15) is 17.7 Å². The highest BCUT2D eigenvalue weighted by Gasteiger charge is 2.31. The van der Waals surface area contributed by atoms with Gasteiger partial charge >= 0.3 is 0 Å². The minimum Gasteiger partial charge on any atom is -0.496 e. The summed E-state index contributed by atoms with van der Waals surface area (Å²) in [6.07, 6.45) is 3.49. The van der Waals surface area contributed by atoms with E-state index in [0.717, 1.165) is 28.1 Å². The van der Waals surface area contributed by atoms with Crippen LogP contribution in [0.4, 0.5) is 0 Å². The Kier molecular flexibility index (Phi) is 4.73. The highest BCUT2D eigenvalue weighted by atomic mass is 79.9. The molecule has 1 aromatic heterocycles. The third-order valence-electron chi connectivity index (χ3n) is 3.53. The van der Waals surface area contributed by atoms with Crippen molar-refractivity contribution in [3.8, 4) is 5.75 Å². The van der Waals surface area contributed by atoms with Gasteiger partial charge in [-0.2, -0.15) is 5.10 Å². The molecule has 2 heterocycles. The van der Waals surface area contributed by atoms with Gasteiger partial charge in [0.15, 0.2) is 0 Å². The molecular formula is C15H16BrN3O2S. The lowest BCUT2D eigenvalue weighted by Gasteiger charge is -2.24. The van der Waals surface area contributed by atoms with Gasteiger partial charge in [-0.25, -0.2) is 0 Å². The van der Waals surface area contributed by atoms with E-state index in [2.05, 4.69) is 21.0 Å². The fraction of sp³-hybridized carbons (Fsp3) is 0.333. The Bertz CT molecular complexity index is 663. The van der Waals surface area contributed by atoms with Crippen LogP contribution < -0.4 is 4.74 Å². The number of rotatable bonds is 4. The number of hydrogen-bond acceptors (Lipinski definition) is 4. The lowest BCUT2D eigenvalue weighted by atomic mass is 10.2. The Morgan fingerprint density at radius 3 is 3.09 bits per heavy atom. The zero-order valence-corrected chi connectivity index (χ0v) is 14.5. The molecule has 5 nitrogen and oxygen atoms in total. The largest absolute Gasteiger partial charge is 0.496 e. The maximum absolute atomic E-state index is 12.5. The Balaban J connectivity index is 1.78. The minimum atomic E-state index is 0.0465. The first-order chi connectivity index (χ1) is 10.7. The molecular weight excluding hydrogens is 366 g/mol. The van der Waals surface area contributed by atoms with Crippen LogP contribution in [-0.2, 0) is 11.3 Å². The molecule has 116 valence electrons. The minimum absolute atomic E-state index is 0.0465. The molecule has 1 amide bonds. The number of carbonyl (C=O) groups is 1. The summed E-state index contributed by atoms with van der Waals surface area (Å²) in [5.74, 6) is 1.82. The Hall–Kier alpha value is -1.47. The number of halogens is 1. The van der Waals surface area contributed by atoms with Crippen molar-refractivity contribution < 1.29 is 9.53 Å². The van der Waals surface area contributed by atoms with Crippen molar-refractivity contribution in [1.29, 1.82) is 0 Å². The Morgan fingerprint density at radius 2 is 2.41 bits per heavy atom. The summed E-state index contributed by atoms with van der Waals surface area (Å²) < 4.78 is 7.82. The zero-order valence-electron chi connectivity index (χ0n) is 12.1. The monoisotopic (exact) mass is 381 g/mol. The molecule has 1 atom stereocenters. The Labute approximate surface area is 141 Å². The fourth-order valence-electron chi connectivity index (χ4n) is 2.46. The summed E-state index contributed by atoms with van der Waals surface area (Å²) >= 11 is 5.29. The fourth-order valence-corrected chi connectivity index (χ4v) is 4.29. The average Bonchev–Trinajstić information content (AvgIpc) is 3.18. The molecule has 0 spiro atoms. The molecule has 0 aliphatic carbocycles. The molecule has 3 rings (SSSR count). The van der Waals surface area contributed by atoms with E-state index in [-0.39, 0.29) is 17.8 Å². The van der Waals surface area contributed by atoms with E-state index in [4.69, 9.17) is 4.74 Å². The maximum Gasteiger partial charge on any atom is 0.245 e.